The van der Waals surface area contributed by atoms with E-state index in [-0.39, 0.29) is 6.54 Å². The van der Waals surface area contributed by atoms with Gasteiger partial charge in [0.1, 0.15) is 0 Å². The standard InChI is InChI=1S/C11H18N2O4S2/c1-3-13(19(16,17)9-18(2,14)15)11-6-4-10(8-12)5-7-11/h4-7H,3,8-9,12H2,1-2H3. The Morgan fingerprint density at radius 2 is 1.63 bits per heavy atom. The van der Waals surface area contributed by atoms with Crippen LogP contribution in [0.5, 0.6) is 0 Å². The third-order valence-electron chi connectivity index (χ3n) is 2.45. The lowest BCUT2D eigenvalue weighted by molar-refractivity contribution is 0.589. The third kappa shape index (κ3) is 4.48. The van der Waals surface area contributed by atoms with E-state index in [4.69, 9.17) is 5.73 Å². The Morgan fingerprint density at radius 3 is 2.00 bits per heavy atom. The maximum atomic E-state index is 12.1. The van der Waals surface area contributed by atoms with Gasteiger partial charge in [0.2, 0.25) is 10.0 Å². The van der Waals surface area contributed by atoms with Crippen LogP contribution in [-0.4, -0.2) is 34.7 Å². The summed E-state index contributed by atoms with van der Waals surface area (Å²) in [5, 5.41) is -0.896. The monoisotopic (exact) mass is 306 g/mol. The zero-order chi connectivity index (χ0) is 14.7. The first-order valence-corrected chi connectivity index (χ1v) is 9.33. The number of hydrogen-bond donors (Lipinski definition) is 1. The van der Waals surface area contributed by atoms with E-state index in [1.165, 1.54) is 0 Å². The molecule has 6 nitrogen and oxygen atoms in total. The van der Waals surface area contributed by atoms with Gasteiger partial charge in [-0.1, -0.05) is 12.1 Å². The summed E-state index contributed by atoms with van der Waals surface area (Å²) in [6, 6.07) is 6.67. The average Bonchev–Trinajstić information content (AvgIpc) is 2.27. The number of nitrogens with two attached hydrogens (primary N) is 1. The smallest absolute Gasteiger partial charge is 0.249 e. The summed E-state index contributed by atoms with van der Waals surface area (Å²) in [7, 11) is -7.50. The summed E-state index contributed by atoms with van der Waals surface area (Å²) in [5.74, 6) is 0. The molecule has 0 aliphatic heterocycles. The number of anilines is 1. The van der Waals surface area contributed by atoms with Crippen LogP contribution in [0.2, 0.25) is 0 Å². The summed E-state index contributed by atoms with van der Waals surface area (Å²) in [5.41, 5.74) is 6.78. The van der Waals surface area contributed by atoms with E-state index in [1.807, 2.05) is 0 Å². The number of hydrogen-bond acceptors (Lipinski definition) is 5. The number of nitrogens with zero attached hydrogens (tertiary/aromatic N) is 1. The molecule has 1 aromatic rings. The van der Waals surface area contributed by atoms with Crippen LogP contribution in [0.1, 0.15) is 12.5 Å². The van der Waals surface area contributed by atoms with Crippen LogP contribution in [0.15, 0.2) is 24.3 Å². The predicted octanol–water partition coefficient (Wildman–Crippen LogP) is 0.304. The molecule has 19 heavy (non-hydrogen) atoms. The van der Waals surface area contributed by atoms with Gasteiger partial charge in [-0.15, -0.1) is 0 Å². The Kier molecular flexibility index (Phi) is 4.94. The van der Waals surface area contributed by atoms with Gasteiger partial charge in [0, 0.05) is 19.3 Å². The second kappa shape index (κ2) is 5.89. The molecule has 0 atom stereocenters. The molecule has 0 aromatic heterocycles. The topological polar surface area (TPSA) is 97.5 Å². The van der Waals surface area contributed by atoms with Crippen LogP contribution in [0, 0.1) is 0 Å². The molecule has 0 fully saturated rings. The largest absolute Gasteiger partial charge is 0.326 e. The molecule has 0 aliphatic carbocycles. The third-order valence-corrected chi connectivity index (χ3v) is 6.49. The van der Waals surface area contributed by atoms with E-state index in [9.17, 15) is 16.8 Å². The number of benzene rings is 1. The molecular formula is C11H18N2O4S2. The summed E-state index contributed by atoms with van der Waals surface area (Å²) in [6.45, 7) is 2.18. The van der Waals surface area contributed by atoms with Crippen molar-refractivity contribution in [3.8, 4) is 0 Å². The Hall–Kier alpha value is -1.12. The van der Waals surface area contributed by atoms with Crippen LogP contribution >= 0.6 is 0 Å². The van der Waals surface area contributed by atoms with Gasteiger partial charge in [-0.25, -0.2) is 16.8 Å². The van der Waals surface area contributed by atoms with E-state index >= 15 is 0 Å². The Bertz CT molecular complexity index is 621. The SMILES string of the molecule is CCN(c1ccc(CN)cc1)S(=O)(=O)CS(C)(=O)=O. The molecule has 0 saturated carbocycles. The van der Waals surface area contributed by atoms with Gasteiger partial charge < -0.3 is 5.73 Å². The molecule has 0 bridgehead atoms. The molecule has 8 heteroatoms. The highest BCUT2D eigenvalue weighted by Gasteiger charge is 2.25. The minimum absolute atomic E-state index is 0.166. The van der Waals surface area contributed by atoms with Crippen molar-refractivity contribution in [2.24, 2.45) is 5.73 Å². The second-order valence-corrected chi connectivity index (χ2v) is 8.59. The van der Waals surface area contributed by atoms with Crippen LogP contribution < -0.4 is 10.0 Å². The summed E-state index contributed by atoms with van der Waals surface area (Å²) >= 11 is 0. The van der Waals surface area contributed by atoms with Crippen LogP contribution in [0.3, 0.4) is 0 Å². The zero-order valence-electron chi connectivity index (χ0n) is 10.9. The quantitative estimate of drug-likeness (QED) is 0.815. The van der Waals surface area contributed by atoms with Gasteiger partial charge in [-0.05, 0) is 24.6 Å². The minimum atomic E-state index is -3.89. The maximum absolute atomic E-state index is 12.1. The van der Waals surface area contributed by atoms with Gasteiger partial charge >= 0.3 is 0 Å². The molecule has 1 aromatic carbocycles. The van der Waals surface area contributed by atoms with Crippen LogP contribution in [0.25, 0.3) is 0 Å². The van der Waals surface area contributed by atoms with Gasteiger partial charge in [0.15, 0.2) is 14.9 Å². The highest BCUT2D eigenvalue weighted by Crippen LogP contribution is 2.19. The normalized spacial score (nSPS) is 12.4. The van der Waals surface area contributed by atoms with Crippen molar-refractivity contribution in [3.05, 3.63) is 29.8 Å². The van der Waals surface area contributed by atoms with E-state index in [1.54, 1.807) is 31.2 Å². The van der Waals surface area contributed by atoms with Crippen molar-refractivity contribution in [1.82, 2.24) is 0 Å². The molecule has 2 N–H and O–H groups in total. The minimum Gasteiger partial charge on any atom is -0.326 e. The average molecular weight is 306 g/mol. The Labute approximate surface area is 114 Å². The van der Waals surface area contributed by atoms with E-state index < -0.39 is 24.9 Å². The summed E-state index contributed by atoms with van der Waals surface area (Å²) in [6.07, 6.45) is 0.899. The lowest BCUT2D eigenvalue weighted by Gasteiger charge is -2.22. The van der Waals surface area contributed by atoms with Crippen molar-refractivity contribution in [1.29, 1.82) is 0 Å². The van der Waals surface area contributed by atoms with Crippen molar-refractivity contribution in [2.75, 3.05) is 22.2 Å². The van der Waals surface area contributed by atoms with Crippen molar-refractivity contribution in [3.63, 3.8) is 0 Å². The molecule has 108 valence electrons. The zero-order valence-corrected chi connectivity index (χ0v) is 12.5. The Balaban J connectivity index is 3.12. The van der Waals surface area contributed by atoms with Gasteiger partial charge in [0.25, 0.3) is 0 Å². The first-order chi connectivity index (χ1) is 8.69. The number of sulfone groups is 1. The predicted molar refractivity (Wildman–Crippen MR) is 76.0 cm³/mol. The molecule has 0 amide bonds. The highest BCUT2D eigenvalue weighted by atomic mass is 32.3. The summed E-state index contributed by atoms with van der Waals surface area (Å²) in [4.78, 5) is 0. The molecule has 0 unspecified atom stereocenters. The van der Waals surface area contributed by atoms with E-state index in [0.29, 0.717) is 12.2 Å². The van der Waals surface area contributed by atoms with Gasteiger partial charge in [0.05, 0.1) is 5.69 Å². The lowest BCUT2D eigenvalue weighted by Crippen LogP contribution is -2.35. The fraction of sp³-hybridized carbons (Fsp3) is 0.455. The van der Waals surface area contributed by atoms with Crippen LogP contribution in [0.4, 0.5) is 5.69 Å². The molecule has 0 spiro atoms. The fourth-order valence-corrected chi connectivity index (χ4v) is 5.18. The molecular weight excluding hydrogens is 288 g/mol. The van der Waals surface area contributed by atoms with Gasteiger partial charge in [-0.3, -0.25) is 4.31 Å². The van der Waals surface area contributed by atoms with Crippen LogP contribution in [-0.2, 0) is 26.4 Å². The number of rotatable bonds is 6. The molecule has 0 radical (unpaired) electrons. The Morgan fingerprint density at radius 1 is 1.11 bits per heavy atom. The van der Waals surface area contributed by atoms with Crippen molar-refractivity contribution in [2.45, 2.75) is 13.5 Å². The molecule has 0 heterocycles. The molecule has 0 aliphatic rings. The van der Waals surface area contributed by atoms with E-state index in [2.05, 4.69) is 0 Å². The summed E-state index contributed by atoms with van der Waals surface area (Å²) < 4.78 is 47.5. The molecule has 0 saturated heterocycles. The maximum Gasteiger partial charge on any atom is 0.249 e. The van der Waals surface area contributed by atoms with Crippen molar-refractivity contribution >= 4 is 25.5 Å². The first kappa shape index (κ1) is 15.9. The lowest BCUT2D eigenvalue weighted by atomic mass is 10.2. The number of sulfonamides is 1. The fourth-order valence-electron chi connectivity index (χ4n) is 1.67. The molecule has 1 rings (SSSR count). The first-order valence-electron chi connectivity index (χ1n) is 5.66. The second-order valence-electron chi connectivity index (χ2n) is 4.19. The van der Waals surface area contributed by atoms with Crippen molar-refractivity contribution < 1.29 is 16.8 Å². The van der Waals surface area contributed by atoms with E-state index in [0.717, 1.165) is 16.1 Å². The van der Waals surface area contributed by atoms with Gasteiger partial charge in [-0.2, -0.15) is 0 Å². The highest BCUT2D eigenvalue weighted by molar-refractivity contribution is 8.08.